The summed E-state index contributed by atoms with van der Waals surface area (Å²) in [5.41, 5.74) is 0.816. The fourth-order valence-corrected chi connectivity index (χ4v) is 2.97. The largest absolute Gasteiger partial charge is 0.494 e. The van der Waals surface area contributed by atoms with Crippen LogP contribution in [0.15, 0.2) is 24.3 Å². The number of rotatable bonds is 7. The Morgan fingerprint density at radius 2 is 2.13 bits per heavy atom. The van der Waals surface area contributed by atoms with Gasteiger partial charge in [0.1, 0.15) is 5.75 Å². The minimum atomic E-state index is 0. The van der Waals surface area contributed by atoms with E-state index in [4.69, 9.17) is 4.74 Å². The normalized spacial score (nSPS) is 16.3. The Bertz CT molecular complexity index is 476. The van der Waals surface area contributed by atoms with Crippen LogP contribution in [0.1, 0.15) is 39.5 Å². The van der Waals surface area contributed by atoms with E-state index in [0.717, 1.165) is 30.9 Å². The summed E-state index contributed by atoms with van der Waals surface area (Å²) in [6.07, 6.45) is 3.92. The van der Waals surface area contributed by atoms with Crippen molar-refractivity contribution in [3.8, 4) is 5.75 Å². The molecular weight excluding hydrogens is 312 g/mol. The molecule has 0 aliphatic carbocycles. The third-order valence-electron chi connectivity index (χ3n) is 4.29. The number of carbonyl (C=O) groups excluding carboxylic acids is 1. The summed E-state index contributed by atoms with van der Waals surface area (Å²) in [6, 6.07) is 7.63. The maximum atomic E-state index is 12.2. The Morgan fingerprint density at radius 3 is 2.83 bits per heavy atom. The predicted octanol–water partition coefficient (Wildman–Crippen LogP) is 3.86. The number of hydrogen-bond donors (Lipinski definition) is 2. The van der Waals surface area contributed by atoms with E-state index in [0.29, 0.717) is 24.9 Å². The van der Waals surface area contributed by atoms with Crippen molar-refractivity contribution in [2.75, 3.05) is 25.0 Å². The highest BCUT2D eigenvalue weighted by molar-refractivity contribution is 5.91. The predicted molar refractivity (Wildman–Crippen MR) is 97.5 cm³/mol. The van der Waals surface area contributed by atoms with Crippen molar-refractivity contribution in [3.63, 3.8) is 0 Å². The lowest BCUT2D eigenvalue weighted by atomic mass is 9.84. The standard InChI is InChI=1S/C18H28N2O2.ClH/c1-3-11-22-17-6-4-5-16(13-17)20-18(21)12-14(2)15-7-9-19-10-8-15;/h4-6,13-15,19H,3,7-12H2,1-2H3,(H,20,21);1H. The van der Waals surface area contributed by atoms with Crippen LogP contribution in [-0.2, 0) is 4.79 Å². The van der Waals surface area contributed by atoms with Crippen molar-refractivity contribution < 1.29 is 9.53 Å². The van der Waals surface area contributed by atoms with E-state index in [1.165, 1.54) is 12.8 Å². The van der Waals surface area contributed by atoms with E-state index in [-0.39, 0.29) is 18.3 Å². The lowest BCUT2D eigenvalue weighted by molar-refractivity contribution is -0.117. The molecule has 1 heterocycles. The van der Waals surface area contributed by atoms with Crippen LogP contribution in [0.4, 0.5) is 5.69 Å². The van der Waals surface area contributed by atoms with Gasteiger partial charge >= 0.3 is 0 Å². The van der Waals surface area contributed by atoms with Gasteiger partial charge in [-0.1, -0.05) is 19.9 Å². The van der Waals surface area contributed by atoms with Gasteiger partial charge in [-0.05, 0) is 56.3 Å². The van der Waals surface area contributed by atoms with Gasteiger partial charge in [-0.3, -0.25) is 4.79 Å². The van der Waals surface area contributed by atoms with Gasteiger partial charge < -0.3 is 15.4 Å². The van der Waals surface area contributed by atoms with Crippen LogP contribution >= 0.6 is 12.4 Å². The van der Waals surface area contributed by atoms with Gasteiger partial charge in [0.2, 0.25) is 5.91 Å². The smallest absolute Gasteiger partial charge is 0.224 e. The molecule has 1 aromatic carbocycles. The quantitative estimate of drug-likeness (QED) is 0.792. The summed E-state index contributed by atoms with van der Waals surface area (Å²) < 4.78 is 5.60. The number of halogens is 1. The third-order valence-corrected chi connectivity index (χ3v) is 4.29. The van der Waals surface area contributed by atoms with Gasteiger partial charge in [0.15, 0.2) is 0 Å². The average molecular weight is 341 g/mol. The zero-order valence-corrected chi connectivity index (χ0v) is 15.0. The van der Waals surface area contributed by atoms with E-state index in [1.807, 2.05) is 24.3 Å². The molecule has 0 bridgehead atoms. The molecule has 130 valence electrons. The fourth-order valence-electron chi connectivity index (χ4n) is 2.97. The molecule has 1 saturated heterocycles. The van der Waals surface area contributed by atoms with Crippen LogP contribution < -0.4 is 15.4 Å². The first kappa shape index (κ1) is 19.8. The van der Waals surface area contributed by atoms with Gasteiger partial charge in [0.25, 0.3) is 0 Å². The summed E-state index contributed by atoms with van der Waals surface area (Å²) in [4.78, 5) is 12.2. The second-order valence-electron chi connectivity index (χ2n) is 6.19. The molecule has 1 aliphatic rings. The summed E-state index contributed by atoms with van der Waals surface area (Å²) in [7, 11) is 0. The number of nitrogens with one attached hydrogen (secondary N) is 2. The zero-order chi connectivity index (χ0) is 15.8. The van der Waals surface area contributed by atoms with Crippen LogP contribution in [0.2, 0.25) is 0 Å². The Hall–Kier alpha value is -1.26. The Balaban J connectivity index is 0.00000264. The van der Waals surface area contributed by atoms with Gasteiger partial charge in [-0.25, -0.2) is 0 Å². The summed E-state index contributed by atoms with van der Waals surface area (Å²) in [5.74, 6) is 2.00. The second-order valence-corrected chi connectivity index (χ2v) is 6.19. The van der Waals surface area contributed by atoms with Gasteiger partial charge in [-0.2, -0.15) is 0 Å². The summed E-state index contributed by atoms with van der Waals surface area (Å²) in [6.45, 7) is 7.12. The van der Waals surface area contributed by atoms with Gasteiger partial charge in [0, 0.05) is 18.2 Å². The number of ether oxygens (including phenoxy) is 1. The lowest BCUT2D eigenvalue weighted by Gasteiger charge is -2.27. The first-order valence-corrected chi connectivity index (χ1v) is 8.42. The molecule has 0 radical (unpaired) electrons. The Kier molecular flexibility index (Phi) is 9.03. The number of anilines is 1. The molecule has 1 amide bonds. The SMILES string of the molecule is CCCOc1cccc(NC(=O)CC(C)C2CCNCC2)c1.Cl. The lowest BCUT2D eigenvalue weighted by Crippen LogP contribution is -2.32. The fraction of sp³-hybridized carbons (Fsp3) is 0.611. The summed E-state index contributed by atoms with van der Waals surface area (Å²) in [5, 5.41) is 6.37. The molecule has 2 rings (SSSR count). The van der Waals surface area contributed by atoms with Crippen LogP contribution in [0.25, 0.3) is 0 Å². The topological polar surface area (TPSA) is 50.4 Å². The van der Waals surface area contributed by atoms with Crippen molar-refractivity contribution >= 4 is 24.0 Å². The number of carbonyl (C=O) groups is 1. The molecule has 5 heteroatoms. The molecule has 2 N–H and O–H groups in total. The van der Waals surface area contributed by atoms with Crippen LogP contribution in [-0.4, -0.2) is 25.6 Å². The van der Waals surface area contributed by atoms with E-state index in [9.17, 15) is 4.79 Å². The second kappa shape index (κ2) is 10.5. The first-order chi connectivity index (χ1) is 10.7. The van der Waals surface area contributed by atoms with Crippen molar-refractivity contribution in [2.45, 2.75) is 39.5 Å². The van der Waals surface area contributed by atoms with E-state index in [2.05, 4.69) is 24.5 Å². The van der Waals surface area contributed by atoms with Gasteiger partial charge in [0.05, 0.1) is 6.61 Å². The minimum absolute atomic E-state index is 0. The average Bonchev–Trinajstić information content (AvgIpc) is 2.54. The van der Waals surface area contributed by atoms with Gasteiger partial charge in [-0.15, -0.1) is 12.4 Å². The number of amides is 1. The number of benzene rings is 1. The third kappa shape index (κ3) is 6.80. The molecule has 4 nitrogen and oxygen atoms in total. The zero-order valence-electron chi connectivity index (χ0n) is 14.1. The monoisotopic (exact) mass is 340 g/mol. The van der Waals surface area contributed by atoms with Crippen LogP contribution in [0.3, 0.4) is 0 Å². The highest BCUT2D eigenvalue weighted by Crippen LogP contribution is 2.25. The van der Waals surface area contributed by atoms with E-state index >= 15 is 0 Å². The molecule has 0 saturated carbocycles. The first-order valence-electron chi connectivity index (χ1n) is 8.42. The maximum absolute atomic E-state index is 12.2. The molecule has 1 unspecified atom stereocenters. The number of piperidine rings is 1. The number of hydrogen-bond acceptors (Lipinski definition) is 3. The van der Waals surface area contributed by atoms with Crippen molar-refractivity contribution in [1.29, 1.82) is 0 Å². The Morgan fingerprint density at radius 1 is 1.39 bits per heavy atom. The summed E-state index contributed by atoms with van der Waals surface area (Å²) >= 11 is 0. The molecule has 23 heavy (non-hydrogen) atoms. The Labute approximate surface area is 145 Å². The van der Waals surface area contributed by atoms with Crippen LogP contribution in [0, 0.1) is 11.8 Å². The van der Waals surface area contributed by atoms with Crippen molar-refractivity contribution in [2.24, 2.45) is 11.8 Å². The van der Waals surface area contributed by atoms with E-state index < -0.39 is 0 Å². The molecular formula is C18H29ClN2O2. The van der Waals surface area contributed by atoms with Crippen molar-refractivity contribution in [3.05, 3.63) is 24.3 Å². The molecule has 1 aromatic rings. The molecule has 1 aliphatic heterocycles. The molecule has 0 spiro atoms. The van der Waals surface area contributed by atoms with Crippen molar-refractivity contribution in [1.82, 2.24) is 5.32 Å². The molecule has 1 fully saturated rings. The van der Waals surface area contributed by atoms with Crippen LogP contribution in [0.5, 0.6) is 5.75 Å². The van der Waals surface area contributed by atoms with E-state index in [1.54, 1.807) is 0 Å². The maximum Gasteiger partial charge on any atom is 0.224 e. The highest BCUT2D eigenvalue weighted by atomic mass is 35.5. The highest BCUT2D eigenvalue weighted by Gasteiger charge is 2.22. The molecule has 0 aromatic heterocycles. The molecule has 1 atom stereocenters. The minimum Gasteiger partial charge on any atom is -0.494 e.